The predicted octanol–water partition coefficient (Wildman–Crippen LogP) is 1.33. The Kier molecular flexibility index (Phi) is 4.43. The third-order valence-corrected chi connectivity index (χ3v) is 2.01. The van der Waals surface area contributed by atoms with Gasteiger partial charge in [0.2, 0.25) is 0 Å². The molecule has 78 valence electrons. The molecule has 0 saturated carbocycles. The van der Waals surface area contributed by atoms with Crippen molar-refractivity contribution in [2.24, 2.45) is 0 Å². The standard InChI is InChI=1S/C11H16O3/c1-2-14-11(8-12)7-9-3-5-10(13)6-4-9/h3-6,11-13H,2,7-8H2,1H3. The average molecular weight is 196 g/mol. The van der Waals surface area contributed by atoms with E-state index in [-0.39, 0.29) is 18.5 Å². The number of aliphatic hydroxyl groups is 1. The summed E-state index contributed by atoms with van der Waals surface area (Å²) in [5.74, 6) is 0.255. The SMILES string of the molecule is CCOC(CO)Cc1ccc(O)cc1. The van der Waals surface area contributed by atoms with Gasteiger partial charge in [0.15, 0.2) is 0 Å². The molecule has 0 aromatic heterocycles. The van der Waals surface area contributed by atoms with Gasteiger partial charge in [0, 0.05) is 13.0 Å². The van der Waals surface area contributed by atoms with E-state index in [1.54, 1.807) is 12.1 Å². The summed E-state index contributed by atoms with van der Waals surface area (Å²) in [4.78, 5) is 0. The zero-order valence-corrected chi connectivity index (χ0v) is 8.31. The topological polar surface area (TPSA) is 49.7 Å². The van der Waals surface area contributed by atoms with Gasteiger partial charge in [-0.1, -0.05) is 12.1 Å². The van der Waals surface area contributed by atoms with Crippen molar-refractivity contribution in [2.75, 3.05) is 13.2 Å². The van der Waals surface area contributed by atoms with E-state index in [0.717, 1.165) is 5.56 Å². The van der Waals surface area contributed by atoms with Crippen molar-refractivity contribution in [1.29, 1.82) is 0 Å². The van der Waals surface area contributed by atoms with Crippen LogP contribution < -0.4 is 0 Å². The van der Waals surface area contributed by atoms with Gasteiger partial charge < -0.3 is 14.9 Å². The molecule has 0 amide bonds. The van der Waals surface area contributed by atoms with Crippen LogP contribution in [0.4, 0.5) is 0 Å². The van der Waals surface area contributed by atoms with E-state index < -0.39 is 0 Å². The van der Waals surface area contributed by atoms with Crippen LogP contribution in [-0.2, 0) is 11.2 Å². The molecule has 0 aliphatic rings. The van der Waals surface area contributed by atoms with Crippen LogP contribution in [0, 0.1) is 0 Å². The molecule has 1 atom stereocenters. The Labute approximate surface area is 84.0 Å². The third-order valence-electron chi connectivity index (χ3n) is 2.01. The minimum atomic E-state index is -0.149. The van der Waals surface area contributed by atoms with Crippen molar-refractivity contribution < 1.29 is 14.9 Å². The number of aromatic hydroxyl groups is 1. The first-order valence-corrected chi connectivity index (χ1v) is 4.76. The second-order valence-corrected chi connectivity index (χ2v) is 3.13. The molecule has 0 spiro atoms. The molecule has 0 aliphatic heterocycles. The number of rotatable bonds is 5. The van der Waals surface area contributed by atoms with E-state index in [9.17, 15) is 0 Å². The second kappa shape index (κ2) is 5.62. The minimum absolute atomic E-state index is 0.0225. The second-order valence-electron chi connectivity index (χ2n) is 3.13. The highest BCUT2D eigenvalue weighted by atomic mass is 16.5. The van der Waals surface area contributed by atoms with Gasteiger partial charge in [0.05, 0.1) is 12.7 Å². The Morgan fingerprint density at radius 3 is 2.43 bits per heavy atom. The van der Waals surface area contributed by atoms with Crippen LogP contribution in [0.25, 0.3) is 0 Å². The molecular weight excluding hydrogens is 180 g/mol. The van der Waals surface area contributed by atoms with Crippen molar-refractivity contribution >= 4 is 0 Å². The maximum absolute atomic E-state index is 9.07. The van der Waals surface area contributed by atoms with Gasteiger partial charge >= 0.3 is 0 Å². The highest BCUT2D eigenvalue weighted by Crippen LogP contribution is 2.12. The Balaban J connectivity index is 2.53. The van der Waals surface area contributed by atoms with Crippen LogP contribution in [0.2, 0.25) is 0 Å². The van der Waals surface area contributed by atoms with E-state index in [4.69, 9.17) is 14.9 Å². The zero-order valence-electron chi connectivity index (χ0n) is 8.31. The van der Waals surface area contributed by atoms with Gasteiger partial charge in [-0.05, 0) is 24.6 Å². The lowest BCUT2D eigenvalue weighted by Gasteiger charge is -2.13. The van der Waals surface area contributed by atoms with Crippen LogP contribution in [-0.4, -0.2) is 29.5 Å². The van der Waals surface area contributed by atoms with Crippen molar-refractivity contribution in [3.63, 3.8) is 0 Å². The zero-order chi connectivity index (χ0) is 10.4. The summed E-state index contributed by atoms with van der Waals surface area (Å²) in [5.41, 5.74) is 1.05. The number of hydrogen-bond donors (Lipinski definition) is 2. The first-order valence-electron chi connectivity index (χ1n) is 4.76. The van der Waals surface area contributed by atoms with Crippen molar-refractivity contribution in [3.05, 3.63) is 29.8 Å². The molecule has 2 N–H and O–H groups in total. The maximum Gasteiger partial charge on any atom is 0.115 e. The molecule has 0 saturated heterocycles. The Bertz CT molecular complexity index is 256. The van der Waals surface area contributed by atoms with E-state index >= 15 is 0 Å². The van der Waals surface area contributed by atoms with Gasteiger partial charge in [-0.2, -0.15) is 0 Å². The van der Waals surface area contributed by atoms with Gasteiger partial charge in [0.1, 0.15) is 5.75 Å². The van der Waals surface area contributed by atoms with E-state index in [2.05, 4.69) is 0 Å². The maximum atomic E-state index is 9.07. The molecular formula is C11H16O3. The molecule has 0 fully saturated rings. The number of phenols is 1. The van der Waals surface area contributed by atoms with Crippen molar-refractivity contribution in [2.45, 2.75) is 19.4 Å². The largest absolute Gasteiger partial charge is 0.508 e. The lowest BCUT2D eigenvalue weighted by atomic mass is 10.1. The summed E-state index contributed by atoms with van der Waals surface area (Å²) < 4.78 is 5.31. The predicted molar refractivity (Wildman–Crippen MR) is 54.3 cm³/mol. The number of ether oxygens (including phenoxy) is 1. The number of aliphatic hydroxyl groups excluding tert-OH is 1. The highest BCUT2D eigenvalue weighted by molar-refractivity contribution is 5.26. The molecule has 1 unspecified atom stereocenters. The summed E-state index contributed by atoms with van der Waals surface area (Å²) >= 11 is 0. The Morgan fingerprint density at radius 1 is 1.29 bits per heavy atom. The van der Waals surface area contributed by atoms with E-state index in [0.29, 0.717) is 13.0 Å². The molecule has 14 heavy (non-hydrogen) atoms. The Morgan fingerprint density at radius 2 is 1.93 bits per heavy atom. The van der Waals surface area contributed by atoms with Crippen LogP contribution in [0.1, 0.15) is 12.5 Å². The quantitative estimate of drug-likeness (QED) is 0.747. The Hall–Kier alpha value is -1.06. The lowest BCUT2D eigenvalue weighted by Crippen LogP contribution is -2.20. The minimum Gasteiger partial charge on any atom is -0.508 e. The van der Waals surface area contributed by atoms with Gasteiger partial charge in [-0.3, -0.25) is 0 Å². The number of benzene rings is 1. The third kappa shape index (κ3) is 3.36. The van der Waals surface area contributed by atoms with Crippen LogP contribution in [0.5, 0.6) is 5.75 Å². The normalized spacial score (nSPS) is 12.7. The van der Waals surface area contributed by atoms with Crippen LogP contribution in [0.15, 0.2) is 24.3 Å². The van der Waals surface area contributed by atoms with Crippen molar-refractivity contribution in [1.82, 2.24) is 0 Å². The van der Waals surface area contributed by atoms with E-state index in [1.165, 1.54) is 0 Å². The number of hydrogen-bond acceptors (Lipinski definition) is 3. The summed E-state index contributed by atoms with van der Waals surface area (Å²) in [6.07, 6.45) is 0.523. The van der Waals surface area contributed by atoms with Crippen molar-refractivity contribution in [3.8, 4) is 5.75 Å². The molecule has 0 heterocycles. The van der Waals surface area contributed by atoms with Gasteiger partial charge in [0.25, 0.3) is 0 Å². The smallest absolute Gasteiger partial charge is 0.115 e. The fraction of sp³-hybridized carbons (Fsp3) is 0.455. The molecule has 1 aromatic carbocycles. The van der Waals surface area contributed by atoms with E-state index in [1.807, 2.05) is 19.1 Å². The first-order chi connectivity index (χ1) is 6.76. The number of phenolic OH excluding ortho intramolecular Hbond substituents is 1. The molecule has 0 aliphatic carbocycles. The highest BCUT2D eigenvalue weighted by Gasteiger charge is 2.07. The van der Waals surface area contributed by atoms with Gasteiger partial charge in [-0.15, -0.1) is 0 Å². The molecule has 3 nitrogen and oxygen atoms in total. The fourth-order valence-corrected chi connectivity index (χ4v) is 1.31. The molecule has 0 bridgehead atoms. The van der Waals surface area contributed by atoms with Gasteiger partial charge in [-0.25, -0.2) is 0 Å². The monoisotopic (exact) mass is 196 g/mol. The molecule has 0 radical (unpaired) electrons. The van der Waals surface area contributed by atoms with Crippen LogP contribution >= 0.6 is 0 Å². The molecule has 1 rings (SSSR count). The summed E-state index contributed by atoms with van der Waals surface area (Å²) in [5, 5.41) is 18.1. The average Bonchev–Trinajstić information content (AvgIpc) is 2.20. The summed E-state index contributed by atoms with van der Waals surface area (Å²) in [6.45, 7) is 2.53. The first kappa shape index (κ1) is 11.0. The summed E-state index contributed by atoms with van der Waals surface area (Å²) in [6, 6.07) is 6.93. The molecule has 3 heteroatoms. The fourth-order valence-electron chi connectivity index (χ4n) is 1.31. The lowest BCUT2D eigenvalue weighted by molar-refractivity contribution is 0.0207. The molecule has 1 aromatic rings. The van der Waals surface area contributed by atoms with Crippen LogP contribution in [0.3, 0.4) is 0 Å². The summed E-state index contributed by atoms with van der Waals surface area (Å²) in [7, 11) is 0.